The number of hydrogen-bond acceptors (Lipinski definition) is 5. The highest BCUT2D eigenvalue weighted by Gasteiger charge is 2.14. The van der Waals surface area contributed by atoms with Gasteiger partial charge in [0.1, 0.15) is 16.5 Å². The van der Waals surface area contributed by atoms with E-state index in [2.05, 4.69) is 9.36 Å². The third kappa shape index (κ3) is 2.60. The lowest BCUT2D eigenvalue weighted by Gasteiger charge is -2.02. The minimum Gasteiger partial charge on any atom is -0.507 e. The number of phenolic OH excluding ortho intramolecular Hbond substituents is 2. The van der Waals surface area contributed by atoms with Crippen LogP contribution in [0.4, 0.5) is 0 Å². The van der Waals surface area contributed by atoms with Crippen LogP contribution in [-0.2, 0) is 0 Å². The number of benzene rings is 2. The molecule has 21 heavy (non-hydrogen) atoms. The third-order valence-electron chi connectivity index (χ3n) is 3.20. The molecule has 0 aliphatic rings. The first-order chi connectivity index (χ1) is 10.0. The number of rotatable bonds is 2. The molecule has 0 bridgehead atoms. The third-order valence-corrected chi connectivity index (χ3v) is 3.95. The van der Waals surface area contributed by atoms with Crippen LogP contribution in [0.25, 0.3) is 22.0 Å². The van der Waals surface area contributed by atoms with E-state index in [1.54, 1.807) is 18.2 Å². The van der Waals surface area contributed by atoms with Crippen molar-refractivity contribution in [2.75, 3.05) is 0 Å². The van der Waals surface area contributed by atoms with Crippen molar-refractivity contribution in [2.24, 2.45) is 0 Å². The lowest BCUT2D eigenvalue weighted by molar-refractivity contribution is 0.476. The molecule has 0 unspecified atom stereocenters. The van der Waals surface area contributed by atoms with Crippen LogP contribution < -0.4 is 0 Å². The van der Waals surface area contributed by atoms with Gasteiger partial charge in [-0.15, -0.1) is 0 Å². The molecule has 0 aliphatic carbocycles. The van der Waals surface area contributed by atoms with E-state index in [-0.39, 0.29) is 11.5 Å². The Bertz CT molecular complexity index is 746. The second-order valence-corrected chi connectivity index (χ2v) is 5.72. The van der Waals surface area contributed by atoms with E-state index < -0.39 is 0 Å². The molecule has 5 heteroatoms. The van der Waals surface area contributed by atoms with Crippen LogP contribution in [0.3, 0.4) is 0 Å². The van der Waals surface area contributed by atoms with Crippen molar-refractivity contribution in [3.05, 3.63) is 47.5 Å². The second kappa shape index (κ2) is 5.18. The summed E-state index contributed by atoms with van der Waals surface area (Å²) >= 11 is 1.20. The molecule has 0 atom stereocenters. The lowest BCUT2D eigenvalue weighted by atomic mass is 10.1. The lowest BCUT2D eigenvalue weighted by Crippen LogP contribution is -1.84. The van der Waals surface area contributed by atoms with Crippen LogP contribution >= 0.6 is 11.5 Å². The SMILES string of the molecule is Cc1ccc(-c2nsc(-c3ccc(C)cc3O)n2)c(O)c1. The monoisotopic (exact) mass is 298 g/mol. The molecule has 106 valence electrons. The van der Waals surface area contributed by atoms with Gasteiger partial charge < -0.3 is 10.2 Å². The summed E-state index contributed by atoms with van der Waals surface area (Å²) in [6.45, 7) is 3.83. The average Bonchev–Trinajstić information content (AvgIpc) is 2.87. The van der Waals surface area contributed by atoms with Crippen LogP contribution in [0.1, 0.15) is 11.1 Å². The molecule has 0 fully saturated rings. The second-order valence-electron chi connectivity index (χ2n) is 4.96. The molecule has 2 N–H and O–H groups in total. The van der Waals surface area contributed by atoms with Gasteiger partial charge in [0.15, 0.2) is 5.82 Å². The molecule has 1 heterocycles. The van der Waals surface area contributed by atoms with Gasteiger partial charge in [-0.1, -0.05) is 12.1 Å². The van der Waals surface area contributed by atoms with Crippen LogP contribution in [0.2, 0.25) is 0 Å². The minimum atomic E-state index is 0.160. The normalized spacial score (nSPS) is 10.8. The fraction of sp³-hybridized carbons (Fsp3) is 0.125. The van der Waals surface area contributed by atoms with Crippen molar-refractivity contribution in [3.63, 3.8) is 0 Å². The van der Waals surface area contributed by atoms with Crippen molar-refractivity contribution < 1.29 is 10.2 Å². The molecule has 0 aliphatic heterocycles. The van der Waals surface area contributed by atoms with E-state index in [0.29, 0.717) is 22.0 Å². The summed E-state index contributed by atoms with van der Waals surface area (Å²) in [6, 6.07) is 10.8. The van der Waals surface area contributed by atoms with Gasteiger partial charge in [-0.3, -0.25) is 0 Å². The van der Waals surface area contributed by atoms with Gasteiger partial charge in [0.05, 0.1) is 11.1 Å². The summed E-state index contributed by atoms with van der Waals surface area (Å²) < 4.78 is 4.28. The van der Waals surface area contributed by atoms with Gasteiger partial charge in [0.2, 0.25) is 0 Å². The van der Waals surface area contributed by atoms with E-state index in [1.165, 1.54) is 11.5 Å². The first kappa shape index (κ1) is 13.6. The van der Waals surface area contributed by atoms with Crippen LogP contribution in [-0.4, -0.2) is 19.6 Å². The van der Waals surface area contributed by atoms with E-state index in [1.807, 2.05) is 32.0 Å². The summed E-state index contributed by atoms with van der Waals surface area (Å²) in [4.78, 5) is 4.42. The molecule has 4 nitrogen and oxygen atoms in total. The van der Waals surface area contributed by atoms with Crippen molar-refractivity contribution in [2.45, 2.75) is 13.8 Å². The number of aromatic hydroxyl groups is 2. The van der Waals surface area contributed by atoms with E-state index >= 15 is 0 Å². The summed E-state index contributed by atoms with van der Waals surface area (Å²) in [6.07, 6.45) is 0. The summed E-state index contributed by atoms with van der Waals surface area (Å²) in [5.41, 5.74) is 3.20. The predicted molar refractivity (Wildman–Crippen MR) is 83.6 cm³/mol. The van der Waals surface area contributed by atoms with Gasteiger partial charge in [-0.05, 0) is 60.8 Å². The van der Waals surface area contributed by atoms with Crippen LogP contribution in [0, 0.1) is 13.8 Å². The Hall–Kier alpha value is -2.40. The predicted octanol–water partition coefficient (Wildman–Crippen LogP) is 3.90. The minimum absolute atomic E-state index is 0.160. The zero-order valence-electron chi connectivity index (χ0n) is 11.7. The average molecular weight is 298 g/mol. The Morgan fingerprint density at radius 3 is 2.00 bits per heavy atom. The largest absolute Gasteiger partial charge is 0.507 e. The Labute approximate surface area is 126 Å². The Balaban J connectivity index is 2.03. The van der Waals surface area contributed by atoms with Gasteiger partial charge in [0.25, 0.3) is 0 Å². The van der Waals surface area contributed by atoms with Crippen molar-refractivity contribution in [1.82, 2.24) is 9.36 Å². The van der Waals surface area contributed by atoms with Gasteiger partial charge in [-0.25, -0.2) is 4.98 Å². The molecule has 0 amide bonds. The fourth-order valence-corrected chi connectivity index (χ4v) is 2.81. The standard InChI is InChI=1S/C16H14N2O2S/c1-9-3-5-11(13(19)7-9)15-17-16(21-18-15)12-6-4-10(2)8-14(12)20/h3-8,19-20H,1-2H3. The Morgan fingerprint density at radius 1 is 0.857 bits per heavy atom. The summed E-state index contributed by atoms with van der Waals surface area (Å²) in [7, 11) is 0. The Morgan fingerprint density at radius 2 is 1.43 bits per heavy atom. The van der Waals surface area contributed by atoms with Crippen molar-refractivity contribution in [1.29, 1.82) is 0 Å². The molecule has 0 spiro atoms. The van der Waals surface area contributed by atoms with Crippen LogP contribution in [0.5, 0.6) is 11.5 Å². The first-order valence-corrected chi connectivity index (χ1v) is 7.25. The molecule has 0 saturated carbocycles. The van der Waals surface area contributed by atoms with E-state index in [4.69, 9.17) is 0 Å². The molecular weight excluding hydrogens is 284 g/mol. The van der Waals surface area contributed by atoms with Gasteiger partial charge >= 0.3 is 0 Å². The molecular formula is C16H14N2O2S. The zero-order valence-corrected chi connectivity index (χ0v) is 12.5. The molecule has 0 saturated heterocycles. The summed E-state index contributed by atoms with van der Waals surface area (Å²) in [5, 5.41) is 20.6. The summed E-state index contributed by atoms with van der Waals surface area (Å²) in [5.74, 6) is 0.811. The zero-order chi connectivity index (χ0) is 15.0. The van der Waals surface area contributed by atoms with Crippen molar-refractivity contribution in [3.8, 4) is 33.5 Å². The van der Waals surface area contributed by atoms with Crippen molar-refractivity contribution >= 4 is 11.5 Å². The maximum Gasteiger partial charge on any atom is 0.177 e. The van der Waals surface area contributed by atoms with E-state index in [0.717, 1.165) is 11.1 Å². The number of hydrogen-bond donors (Lipinski definition) is 2. The molecule has 2 aromatic carbocycles. The quantitative estimate of drug-likeness (QED) is 0.753. The van der Waals surface area contributed by atoms with E-state index in [9.17, 15) is 10.2 Å². The number of nitrogens with zero attached hydrogens (tertiary/aromatic N) is 2. The highest BCUT2D eigenvalue weighted by molar-refractivity contribution is 7.09. The smallest absolute Gasteiger partial charge is 0.177 e. The Kier molecular flexibility index (Phi) is 3.35. The molecule has 3 rings (SSSR count). The number of aryl methyl sites for hydroxylation is 2. The van der Waals surface area contributed by atoms with Gasteiger partial charge in [-0.2, -0.15) is 4.37 Å². The molecule has 3 aromatic rings. The fourth-order valence-electron chi connectivity index (χ4n) is 2.10. The maximum atomic E-state index is 10.0. The van der Waals surface area contributed by atoms with Crippen LogP contribution in [0.15, 0.2) is 36.4 Å². The topological polar surface area (TPSA) is 66.2 Å². The maximum absolute atomic E-state index is 10.0. The number of aromatic nitrogens is 2. The number of phenols is 2. The highest BCUT2D eigenvalue weighted by atomic mass is 32.1. The highest BCUT2D eigenvalue weighted by Crippen LogP contribution is 2.35. The van der Waals surface area contributed by atoms with Gasteiger partial charge in [0, 0.05) is 0 Å². The first-order valence-electron chi connectivity index (χ1n) is 6.48. The molecule has 0 radical (unpaired) electrons. The molecule has 1 aromatic heterocycles.